The molecule has 1 aromatic carbocycles. The van der Waals surface area contributed by atoms with E-state index in [0.717, 1.165) is 5.56 Å². The first-order valence-electron chi connectivity index (χ1n) is 5.12. The third-order valence-electron chi connectivity index (χ3n) is 2.51. The van der Waals surface area contributed by atoms with Crippen LogP contribution in [0.3, 0.4) is 0 Å². The van der Waals surface area contributed by atoms with E-state index in [2.05, 4.69) is 26.2 Å². The van der Waals surface area contributed by atoms with Crippen LogP contribution < -0.4 is 11.1 Å². The Hall–Kier alpha value is -1.69. The molecule has 0 radical (unpaired) electrons. The third kappa shape index (κ3) is 2.28. The smallest absolute Gasteiger partial charge is 0.149 e. The Kier molecular flexibility index (Phi) is 3.47. The van der Waals surface area contributed by atoms with Crippen LogP contribution in [-0.4, -0.2) is 4.98 Å². The molecule has 0 atom stereocenters. The molecule has 0 amide bonds. The minimum absolute atomic E-state index is 0.241. The number of nitrogens with two attached hydrogens (primary N) is 1. The maximum absolute atomic E-state index is 13.5. The van der Waals surface area contributed by atoms with Gasteiger partial charge in [-0.25, -0.2) is 13.8 Å². The van der Waals surface area contributed by atoms with Gasteiger partial charge in [0.25, 0.3) is 0 Å². The van der Waals surface area contributed by atoms with Crippen molar-refractivity contribution in [2.75, 3.05) is 11.1 Å². The average molecular weight is 314 g/mol. The molecule has 0 spiro atoms. The molecule has 18 heavy (non-hydrogen) atoms. The Balaban J connectivity index is 2.44. The second kappa shape index (κ2) is 4.89. The Labute approximate surface area is 111 Å². The summed E-state index contributed by atoms with van der Waals surface area (Å²) in [6, 6.07) is 3.64. The number of nitrogen functional groups attached to an aromatic ring is 1. The zero-order chi connectivity index (χ0) is 13.3. The fraction of sp³-hybridized carbons (Fsp3) is 0.0833. The zero-order valence-corrected chi connectivity index (χ0v) is 11.1. The summed E-state index contributed by atoms with van der Waals surface area (Å²) in [5.74, 6) is -1.05. The molecule has 0 unspecified atom stereocenters. The van der Waals surface area contributed by atoms with E-state index < -0.39 is 11.6 Å². The van der Waals surface area contributed by atoms with E-state index in [4.69, 9.17) is 5.73 Å². The van der Waals surface area contributed by atoms with Gasteiger partial charge >= 0.3 is 0 Å². The molecule has 0 aliphatic carbocycles. The second-order valence-electron chi connectivity index (χ2n) is 3.72. The van der Waals surface area contributed by atoms with Crippen LogP contribution in [-0.2, 0) is 0 Å². The summed E-state index contributed by atoms with van der Waals surface area (Å²) in [4.78, 5) is 4.00. The molecule has 2 aromatic rings. The van der Waals surface area contributed by atoms with E-state index >= 15 is 0 Å². The van der Waals surface area contributed by atoms with Crippen molar-refractivity contribution in [2.45, 2.75) is 6.92 Å². The topological polar surface area (TPSA) is 50.9 Å². The summed E-state index contributed by atoms with van der Waals surface area (Å²) in [7, 11) is 0. The largest absolute Gasteiger partial charge is 0.397 e. The number of aromatic nitrogens is 1. The van der Waals surface area contributed by atoms with Gasteiger partial charge in [-0.1, -0.05) is 6.07 Å². The molecule has 6 heteroatoms. The van der Waals surface area contributed by atoms with Gasteiger partial charge < -0.3 is 11.1 Å². The number of rotatable bonds is 2. The number of hydrogen-bond acceptors (Lipinski definition) is 3. The predicted molar refractivity (Wildman–Crippen MR) is 70.7 cm³/mol. The van der Waals surface area contributed by atoms with E-state index in [9.17, 15) is 8.78 Å². The van der Waals surface area contributed by atoms with Crippen molar-refractivity contribution in [1.82, 2.24) is 4.98 Å². The third-order valence-corrected chi connectivity index (χ3v) is 3.48. The van der Waals surface area contributed by atoms with E-state index in [1.165, 1.54) is 24.4 Å². The predicted octanol–water partition coefficient (Wildman–Crippen LogP) is 3.76. The van der Waals surface area contributed by atoms with Crippen molar-refractivity contribution in [3.8, 4) is 0 Å². The Morgan fingerprint density at radius 2 is 1.89 bits per heavy atom. The normalized spacial score (nSPS) is 10.4. The first kappa shape index (κ1) is 12.8. The van der Waals surface area contributed by atoms with Crippen LogP contribution in [0.2, 0.25) is 0 Å². The molecule has 0 fully saturated rings. The Bertz CT molecular complexity index is 582. The molecule has 0 aliphatic rings. The molecule has 0 saturated heterocycles. The molecule has 1 heterocycles. The Morgan fingerprint density at radius 1 is 1.28 bits per heavy atom. The van der Waals surface area contributed by atoms with Crippen LogP contribution in [0.4, 0.5) is 26.0 Å². The molecule has 0 saturated carbocycles. The molecule has 94 valence electrons. The monoisotopic (exact) mass is 313 g/mol. The zero-order valence-electron chi connectivity index (χ0n) is 9.47. The van der Waals surface area contributed by atoms with Crippen molar-refractivity contribution in [1.29, 1.82) is 0 Å². The van der Waals surface area contributed by atoms with Crippen LogP contribution in [0.1, 0.15) is 5.56 Å². The minimum Gasteiger partial charge on any atom is -0.397 e. The standard InChI is InChI=1S/C12H10BrF2N3/c1-6-9(16)5-17-12(10(6)13)18-11-7(14)3-2-4-8(11)15/h2-5H,16H2,1H3,(H,17,18). The van der Waals surface area contributed by atoms with Gasteiger partial charge in [0, 0.05) is 0 Å². The van der Waals surface area contributed by atoms with Crippen molar-refractivity contribution in [3.63, 3.8) is 0 Å². The fourth-order valence-electron chi connectivity index (χ4n) is 1.41. The summed E-state index contributed by atoms with van der Waals surface area (Å²) in [5, 5.41) is 2.61. The van der Waals surface area contributed by atoms with E-state index in [0.29, 0.717) is 16.0 Å². The van der Waals surface area contributed by atoms with Crippen molar-refractivity contribution in [3.05, 3.63) is 46.1 Å². The van der Waals surface area contributed by atoms with E-state index in [-0.39, 0.29) is 5.69 Å². The van der Waals surface area contributed by atoms with Gasteiger partial charge in [0.2, 0.25) is 0 Å². The number of nitrogens with zero attached hydrogens (tertiary/aromatic N) is 1. The van der Waals surface area contributed by atoms with E-state index in [1.54, 1.807) is 6.92 Å². The van der Waals surface area contributed by atoms with Crippen LogP contribution in [0, 0.1) is 18.6 Å². The SMILES string of the molecule is Cc1c(N)cnc(Nc2c(F)cccc2F)c1Br. The lowest BCUT2D eigenvalue weighted by Gasteiger charge is -2.12. The maximum atomic E-state index is 13.5. The van der Waals surface area contributed by atoms with Gasteiger partial charge in [0.1, 0.15) is 23.1 Å². The van der Waals surface area contributed by atoms with Crippen molar-refractivity contribution >= 4 is 33.1 Å². The number of halogens is 3. The lowest BCUT2D eigenvalue weighted by molar-refractivity contribution is 0.590. The van der Waals surface area contributed by atoms with Gasteiger partial charge in [-0.15, -0.1) is 0 Å². The average Bonchev–Trinajstić information content (AvgIpc) is 2.34. The first-order valence-corrected chi connectivity index (χ1v) is 5.91. The highest BCUT2D eigenvalue weighted by Crippen LogP contribution is 2.31. The maximum Gasteiger partial charge on any atom is 0.149 e. The molecule has 2 rings (SSSR count). The molecule has 3 N–H and O–H groups in total. The lowest BCUT2D eigenvalue weighted by atomic mass is 10.2. The van der Waals surface area contributed by atoms with Crippen LogP contribution in [0.5, 0.6) is 0 Å². The first-order chi connectivity index (χ1) is 8.50. The van der Waals surface area contributed by atoms with Gasteiger partial charge in [-0.3, -0.25) is 0 Å². The summed E-state index contributed by atoms with van der Waals surface area (Å²) < 4.78 is 27.5. The summed E-state index contributed by atoms with van der Waals surface area (Å²) >= 11 is 3.29. The number of nitrogens with one attached hydrogen (secondary N) is 1. The van der Waals surface area contributed by atoms with Gasteiger partial charge in [-0.05, 0) is 40.5 Å². The molecule has 0 aliphatic heterocycles. The highest BCUT2D eigenvalue weighted by Gasteiger charge is 2.13. The number of benzene rings is 1. The van der Waals surface area contributed by atoms with Crippen LogP contribution in [0.15, 0.2) is 28.9 Å². The lowest BCUT2D eigenvalue weighted by Crippen LogP contribution is -2.02. The van der Waals surface area contributed by atoms with Crippen molar-refractivity contribution in [2.24, 2.45) is 0 Å². The molecule has 3 nitrogen and oxygen atoms in total. The van der Waals surface area contributed by atoms with Gasteiger partial charge in [0.05, 0.1) is 16.4 Å². The summed E-state index contributed by atoms with van der Waals surface area (Å²) in [6.07, 6.45) is 1.43. The molecular formula is C12H10BrF2N3. The Morgan fingerprint density at radius 3 is 2.50 bits per heavy atom. The highest BCUT2D eigenvalue weighted by molar-refractivity contribution is 9.10. The summed E-state index contributed by atoms with van der Waals surface area (Å²) in [6.45, 7) is 1.78. The minimum atomic E-state index is -0.682. The molecule has 1 aromatic heterocycles. The van der Waals surface area contributed by atoms with Gasteiger partial charge in [-0.2, -0.15) is 0 Å². The highest BCUT2D eigenvalue weighted by atomic mass is 79.9. The number of hydrogen-bond donors (Lipinski definition) is 2. The number of para-hydroxylation sites is 1. The van der Waals surface area contributed by atoms with Crippen LogP contribution >= 0.6 is 15.9 Å². The quantitative estimate of drug-likeness (QED) is 0.887. The molecular weight excluding hydrogens is 304 g/mol. The number of pyridine rings is 1. The fourth-order valence-corrected chi connectivity index (χ4v) is 1.85. The summed E-state index contributed by atoms with van der Waals surface area (Å²) in [5.41, 5.74) is 6.69. The number of anilines is 3. The van der Waals surface area contributed by atoms with Crippen molar-refractivity contribution < 1.29 is 8.78 Å². The van der Waals surface area contributed by atoms with E-state index in [1.807, 2.05) is 0 Å². The molecule has 0 bridgehead atoms. The van der Waals surface area contributed by atoms with Crippen LogP contribution in [0.25, 0.3) is 0 Å². The second-order valence-corrected chi connectivity index (χ2v) is 4.52. The van der Waals surface area contributed by atoms with Gasteiger partial charge in [0.15, 0.2) is 0 Å².